The lowest BCUT2D eigenvalue weighted by atomic mass is 10.3. The molecule has 0 spiro atoms. The van der Waals surface area contributed by atoms with Gasteiger partial charge in [-0.2, -0.15) is 0 Å². The second-order valence-electron chi connectivity index (χ2n) is 4.21. The lowest BCUT2D eigenvalue weighted by Crippen LogP contribution is -2.12. The molecule has 0 saturated heterocycles. The van der Waals surface area contributed by atoms with E-state index in [0.717, 1.165) is 12.4 Å². The molecule has 0 aliphatic carbocycles. The summed E-state index contributed by atoms with van der Waals surface area (Å²) in [5.41, 5.74) is 0. The van der Waals surface area contributed by atoms with Crippen LogP contribution in [0.15, 0.2) is 70.5 Å². The third-order valence-electron chi connectivity index (χ3n) is 2.55. The van der Waals surface area contributed by atoms with Crippen LogP contribution in [0.5, 0.6) is 0 Å². The highest BCUT2D eigenvalue weighted by Crippen LogP contribution is 2.22. The van der Waals surface area contributed by atoms with Gasteiger partial charge >= 0.3 is 7.25 Å². The summed E-state index contributed by atoms with van der Waals surface area (Å²) >= 11 is 0. The van der Waals surface area contributed by atoms with Crippen LogP contribution in [-0.4, -0.2) is 26.7 Å². The van der Waals surface area contributed by atoms with E-state index in [1.807, 2.05) is 0 Å². The summed E-state index contributed by atoms with van der Waals surface area (Å²) in [7, 11) is -4.11. The number of ether oxygens (including phenoxy) is 1. The van der Waals surface area contributed by atoms with Gasteiger partial charge in [-0.15, -0.1) is 0 Å². The SMILES string of the molecule is COCC[S+](c1ccccc1)c1ccccc1.F[B-](F)(F)F. The standard InChI is InChI=1S/C15H17OS.BF4/c1-16-12-13-17(14-8-4-2-5-9-14)15-10-6-3-7-11-15;2-1(3,4)5/h2-11H,12-13H2,1H3;/q+1;-1. The molecular weight excluding hydrogens is 315 g/mol. The normalized spacial score (nSPS) is 11.0. The molecular formula is C15H17BF4OS. The molecule has 0 amide bonds. The van der Waals surface area contributed by atoms with Crippen molar-refractivity contribution >= 4 is 18.1 Å². The van der Waals surface area contributed by atoms with Crippen molar-refractivity contribution in [2.75, 3.05) is 19.5 Å². The Balaban J connectivity index is 0.000000422. The van der Waals surface area contributed by atoms with E-state index in [0.29, 0.717) is 0 Å². The smallest absolute Gasteiger partial charge is 0.418 e. The van der Waals surface area contributed by atoms with Crippen LogP contribution < -0.4 is 0 Å². The first-order valence-electron chi connectivity index (χ1n) is 6.59. The van der Waals surface area contributed by atoms with Crippen molar-refractivity contribution in [1.82, 2.24) is 0 Å². The monoisotopic (exact) mass is 332 g/mol. The molecule has 0 unspecified atom stereocenters. The largest absolute Gasteiger partial charge is 0.673 e. The molecule has 0 heterocycles. The first-order valence-corrected chi connectivity index (χ1v) is 7.98. The van der Waals surface area contributed by atoms with Crippen LogP contribution in [0.3, 0.4) is 0 Å². The minimum absolute atomic E-state index is 0.124. The van der Waals surface area contributed by atoms with E-state index < -0.39 is 7.25 Å². The lowest BCUT2D eigenvalue weighted by molar-refractivity contribution is 0.218. The van der Waals surface area contributed by atoms with E-state index in [2.05, 4.69) is 60.7 Å². The van der Waals surface area contributed by atoms with Gasteiger partial charge in [0.05, 0.1) is 17.5 Å². The summed E-state index contributed by atoms with van der Waals surface area (Å²) in [5, 5.41) is 0. The lowest BCUT2D eigenvalue weighted by Gasteiger charge is -2.07. The summed E-state index contributed by atoms with van der Waals surface area (Å²) < 4.78 is 44.2. The summed E-state index contributed by atoms with van der Waals surface area (Å²) in [6, 6.07) is 21.3. The van der Waals surface area contributed by atoms with Gasteiger partial charge < -0.3 is 22.0 Å². The number of benzene rings is 2. The van der Waals surface area contributed by atoms with Crippen molar-refractivity contribution < 1.29 is 22.0 Å². The Kier molecular flexibility index (Phi) is 8.05. The fourth-order valence-corrected chi connectivity index (χ4v) is 3.76. The third kappa shape index (κ3) is 8.09. The first kappa shape index (κ1) is 18.6. The Morgan fingerprint density at radius 1 is 0.818 bits per heavy atom. The fourth-order valence-electron chi connectivity index (χ4n) is 1.71. The molecule has 0 radical (unpaired) electrons. The molecule has 2 aromatic rings. The van der Waals surface area contributed by atoms with Gasteiger partial charge in [-0.3, -0.25) is 0 Å². The predicted molar refractivity (Wildman–Crippen MR) is 83.7 cm³/mol. The van der Waals surface area contributed by atoms with E-state index in [1.54, 1.807) is 7.11 Å². The molecule has 0 N–H and O–H groups in total. The first-order chi connectivity index (χ1) is 10.4. The van der Waals surface area contributed by atoms with Gasteiger partial charge in [0, 0.05) is 7.11 Å². The van der Waals surface area contributed by atoms with Crippen LogP contribution in [0.2, 0.25) is 0 Å². The molecule has 0 fully saturated rings. The number of hydrogen-bond donors (Lipinski definition) is 0. The average molecular weight is 332 g/mol. The second kappa shape index (κ2) is 9.53. The minimum atomic E-state index is -6.00. The average Bonchev–Trinajstić information content (AvgIpc) is 2.48. The van der Waals surface area contributed by atoms with E-state index in [9.17, 15) is 17.3 Å². The Morgan fingerprint density at radius 2 is 1.18 bits per heavy atom. The minimum Gasteiger partial charge on any atom is -0.418 e. The van der Waals surface area contributed by atoms with Gasteiger partial charge in [-0.05, 0) is 24.3 Å². The molecule has 22 heavy (non-hydrogen) atoms. The molecule has 2 rings (SSSR count). The number of methoxy groups -OCH3 is 1. The molecule has 0 saturated carbocycles. The maximum atomic E-state index is 9.75. The van der Waals surface area contributed by atoms with Crippen LogP contribution >= 0.6 is 0 Å². The van der Waals surface area contributed by atoms with E-state index >= 15 is 0 Å². The van der Waals surface area contributed by atoms with Crippen molar-refractivity contribution in [3.63, 3.8) is 0 Å². The maximum absolute atomic E-state index is 9.75. The van der Waals surface area contributed by atoms with E-state index in [4.69, 9.17) is 4.74 Å². The zero-order chi connectivity index (χ0) is 16.4. The van der Waals surface area contributed by atoms with Crippen LogP contribution in [0, 0.1) is 0 Å². The summed E-state index contributed by atoms with van der Waals surface area (Å²) in [5.74, 6) is 1.05. The molecule has 0 bridgehead atoms. The molecule has 1 nitrogen and oxygen atoms in total. The highest BCUT2D eigenvalue weighted by Gasteiger charge is 2.24. The number of hydrogen-bond acceptors (Lipinski definition) is 1. The van der Waals surface area contributed by atoms with Crippen molar-refractivity contribution in [3.05, 3.63) is 60.7 Å². The Bertz CT molecular complexity index is 477. The second-order valence-corrected chi connectivity index (χ2v) is 6.34. The van der Waals surface area contributed by atoms with Crippen LogP contribution in [0.25, 0.3) is 0 Å². The summed E-state index contributed by atoms with van der Waals surface area (Å²) in [4.78, 5) is 2.77. The van der Waals surface area contributed by atoms with Gasteiger partial charge in [0.2, 0.25) is 0 Å². The highest BCUT2D eigenvalue weighted by atomic mass is 32.2. The van der Waals surface area contributed by atoms with Gasteiger partial charge in [0.25, 0.3) is 0 Å². The number of rotatable bonds is 5. The molecule has 7 heteroatoms. The fraction of sp³-hybridized carbons (Fsp3) is 0.200. The van der Waals surface area contributed by atoms with Crippen molar-refractivity contribution in [3.8, 4) is 0 Å². The summed E-state index contributed by atoms with van der Waals surface area (Å²) in [6.07, 6.45) is 0. The highest BCUT2D eigenvalue weighted by molar-refractivity contribution is 7.97. The topological polar surface area (TPSA) is 9.23 Å². The van der Waals surface area contributed by atoms with Crippen LogP contribution in [-0.2, 0) is 15.6 Å². The van der Waals surface area contributed by atoms with Crippen LogP contribution in [0.1, 0.15) is 0 Å². The van der Waals surface area contributed by atoms with Crippen molar-refractivity contribution in [2.24, 2.45) is 0 Å². The molecule has 0 atom stereocenters. The quantitative estimate of drug-likeness (QED) is 0.439. The predicted octanol–water partition coefficient (Wildman–Crippen LogP) is 4.67. The Labute approximate surface area is 130 Å². The number of halogens is 4. The van der Waals surface area contributed by atoms with Gasteiger partial charge in [-0.1, -0.05) is 36.4 Å². The zero-order valence-electron chi connectivity index (χ0n) is 12.1. The van der Waals surface area contributed by atoms with Crippen LogP contribution in [0.4, 0.5) is 17.3 Å². The van der Waals surface area contributed by atoms with Gasteiger partial charge in [-0.25, -0.2) is 0 Å². The molecule has 2 aromatic carbocycles. The third-order valence-corrected chi connectivity index (χ3v) is 4.80. The maximum Gasteiger partial charge on any atom is 0.673 e. The Hall–Kier alpha value is -1.47. The van der Waals surface area contributed by atoms with Crippen molar-refractivity contribution in [2.45, 2.75) is 9.79 Å². The van der Waals surface area contributed by atoms with Gasteiger partial charge in [0.1, 0.15) is 5.75 Å². The van der Waals surface area contributed by atoms with Gasteiger partial charge in [0.15, 0.2) is 9.79 Å². The molecule has 0 aromatic heterocycles. The molecule has 0 aliphatic heterocycles. The zero-order valence-corrected chi connectivity index (χ0v) is 12.9. The Morgan fingerprint density at radius 3 is 1.50 bits per heavy atom. The molecule has 120 valence electrons. The van der Waals surface area contributed by atoms with E-state index in [-0.39, 0.29) is 10.9 Å². The molecule has 0 aliphatic rings. The van der Waals surface area contributed by atoms with E-state index in [1.165, 1.54) is 9.79 Å². The van der Waals surface area contributed by atoms with Crippen molar-refractivity contribution in [1.29, 1.82) is 0 Å². The summed E-state index contributed by atoms with van der Waals surface area (Å²) in [6.45, 7) is 0.799.